The maximum atomic E-state index is 13.1. The number of sulfonamides is 1. The Morgan fingerprint density at radius 1 is 0.758 bits per heavy atom. The normalized spacial score (nSPS) is 18.7. The third-order valence-electron chi connectivity index (χ3n) is 5.93. The summed E-state index contributed by atoms with van der Waals surface area (Å²) in [5.74, 6) is 0.978. The van der Waals surface area contributed by atoms with Crippen molar-refractivity contribution in [2.45, 2.75) is 11.0 Å². The van der Waals surface area contributed by atoms with Crippen molar-refractivity contribution in [3.63, 3.8) is 0 Å². The van der Waals surface area contributed by atoms with Crippen LogP contribution >= 0.6 is 0 Å². The third-order valence-corrected chi connectivity index (χ3v) is 7.85. The Hall–Kier alpha value is -3.36. The molecule has 8 heteroatoms. The largest absolute Gasteiger partial charge is 0.485 e. The van der Waals surface area contributed by atoms with Crippen LogP contribution in [-0.4, -0.2) is 62.4 Å². The van der Waals surface area contributed by atoms with Gasteiger partial charge in [-0.25, -0.2) is 8.42 Å². The van der Waals surface area contributed by atoms with Crippen LogP contribution in [0, 0.1) is 0 Å². The molecule has 1 saturated heterocycles. The maximum Gasteiger partial charge on any atom is 0.267 e. The monoisotopic (exact) mass is 464 g/mol. The van der Waals surface area contributed by atoms with Gasteiger partial charge in [-0.05, 0) is 35.4 Å². The molecule has 1 unspecified atom stereocenters. The molecule has 0 radical (unpaired) electrons. The van der Waals surface area contributed by atoms with Crippen molar-refractivity contribution in [3.05, 3.63) is 78.9 Å². The van der Waals surface area contributed by atoms with Gasteiger partial charge in [0, 0.05) is 26.2 Å². The van der Waals surface area contributed by atoms with Crippen molar-refractivity contribution in [1.29, 1.82) is 0 Å². The van der Waals surface area contributed by atoms with Crippen LogP contribution in [0.4, 0.5) is 0 Å². The number of ether oxygens (including phenoxy) is 2. The highest BCUT2D eigenvalue weighted by Gasteiger charge is 2.35. The number of hydrogen-bond donors (Lipinski definition) is 0. The average molecular weight is 465 g/mol. The van der Waals surface area contributed by atoms with E-state index in [9.17, 15) is 13.2 Å². The van der Waals surface area contributed by atoms with Crippen LogP contribution in [0.3, 0.4) is 0 Å². The molecule has 2 aliphatic rings. The van der Waals surface area contributed by atoms with Crippen LogP contribution in [0.15, 0.2) is 83.8 Å². The van der Waals surface area contributed by atoms with E-state index in [0.717, 1.165) is 11.1 Å². The van der Waals surface area contributed by atoms with Crippen LogP contribution < -0.4 is 9.47 Å². The minimum absolute atomic E-state index is 0.141. The second-order valence-corrected chi connectivity index (χ2v) is 9.92. The Balaban J connectivity index is 1.22. The summed E-state index contributed by atoms with van der Waals surface area (Å²) in [6.45, 7) is 1.23. The summed E-state index contributed by atoms with van der Waals surface area (Å²) in [4.78, 5) is 14.8. The zero-order valence-electron chi connectivity index (χ0n) is 18.0. The lowest BCUT2D eigenvalue weighted by Gasteiger charge is -2.36. The van der Waals surface area contributed by atoms with E-state index in [-0.39, 0.29) is 30.5 Å². The minimum atomic E-state index is -3.64. The Kier molecular flexibility index (Phi) is 5.78. The Morgan fingerprint density at radius 2 is 1.36 bits per heavy atom. The zero-order chi connectivity index (χ0) is 22.8. The predicted octanol–water partition coefficient (Wildman–Crippen LogP) is 3.03. The summed E-state index contributed by atoms with van der Waals surface area (Å²) in [5, 5.41) is 0. The number of carbonyl (C=O) groups excluding carboxylic acids is 1. The van der Waals surface area contributed by atoms with Gasteiger partial charge < -0.3 is 14.4 Å². The molecule has 7 nitrogen and oxygen atoms in total. The SMILES string of the molecule is O=C(C1COc2ccccc2O1)N1CCN(S(=O)(=O)c2ccc(-c3ccccc3)cc2)CC1. The first-order valence-corrected chi connectivity index (χ1v) is 12.3. The van der Waals surface area contributed by atoms with Gasteiger partial charge in [0.25, 0.3) is 5.91 Å². The molecule has 3 aromatic carbocycles. The van der Waals surface area contributed by atoms with Crippen LogP contribution in [0.5, 0.6) is 11.5 Å². The molecule has 2 heterocycles. The lowest BCUT2D eigenvalue weighted by molar-refractivity contribution is -0.142. The highest BCUT2D eigenvalue weighted by atomic mass is 32.2. The van der Waals surface area contributed by atoms with Gasteiger partial charge in [0.2, 0.25) is 16.1 Å². The number of carbonyl (C=O) groups is 1. The molecule has 1 amide bonds. The second kappa shape index (κ2) is 8.88. The summed E-state index contributed by atoms with van der Waals surface area (Å²) in [5.41, 5.74) is 1.99. The van der Waals surface area contributed by atoms with E-state index >= 15 is 0 Å². The van der Waals surface area contributed by atoms with Crippen LogP contribution in [0.25, 0.3) is 11.1 Å². The first-order valence-electron chi connectivity index (χ1n) is 10.9. The van der Waals surface area contributed by atoms with Gasteiger partial charge in [-0.15, -0.1) is 0 Å². The zero-order valence-corrected chi connectivity index (χ0v) is 18.8. The lowest BCUT2D eigenvalue weighted by Crippen LogP contribution is -2.55. The summed E-state index contributed by atoms with van der Waals surface area (Å²) < 4.78 is 39.1. The molecule has 1 atom stereocenters. The van der Waals surface area contributed by atoms with Crippen molar-refractivity contribution < 1.29 is 22.7 Å². The van der Waals surface area contributed by atoms with E-state index in [0.29, 0.717) is 24.6 Å². The number of para-hydroxylation sites is 2. The molecular weight excluding hydrogens is 440 g/mol. The molecule has 0 saturated carbocycles. The third kappa shape index (κ3) is 4.31. The maximum absolute atomic E-state index is 13.1. The fourth-order valence-corrected chi connectivity index (χ4v) is 5.51. The number of benzene rings is 3. The topological polar surface area (TPSA) is 76.2 Å². The predicted molar refractivity (Wildman–Crippen MR) is 124 cm³/mol. The smallest absolute Gasteiger partial charge is 0.267 e. The van der Waals surface area contributed by atoms with Crippen LogP contribution in [-0.2, 0) is 14.8 Å². The van der Waals surface area contributed by atoms with Gasteiger partial charge >= 0.3 is 0 Å². The van der Waals surface area contributed by atoms with Crippen molar-refractivity contribution >= 4 is 15.9 Å². The first-order chi connectivity index (χ1) is 16.0. The van der Waals surface area contributed by atoms with Gasteiger partial charge in [0.05, 0.1) is 4.90 Å². The van der Waals surface area contributed by atoms with E-state index in [2.05, 4.69) is 0 Å². The summed E-state index contributed by atoms with van der Waals surface area (Å²) in [6.07, 6.45) is -0.728. The van der Waals surface area contributed by atoms with Crippen LogP contribution in [0.1, 0.15) is 0 Å². The number of fused-ring (bicyclic) bond motifs is 1. The molecule has 2 aliphatic heterocycles. The van der Waals surface area contributed by atoms with Crippen molar-refractivity contribution in [2.24, 2.45) is 0 Å². The van der Waals surface area contributed by atoms with E-state index < -0.39 is 16.1 Å². The lowest BCUT2D eigenvalue weighted by atomic mass is 10.1. The molecule has 1 fully saturated rings. The van der Waals surface area contributed by atoms with Crippen molar-refractivity contribution in [1.82, 2.24) is 9.21 Å². The van der Waals surface area contributed by atoms with E-state index in [4.69, 9.17) is 9.47 Å². The number of rotatable bonds is 4. The summed E-state index contributed by atoms with van der Waals surface area (Å²) in [6, 6.07) is 24.0. The number of amides is 1. The van der Waals surface area contributed by atoms with Gasteiger partial charge in [0.1, 0.15) is 6.61 Å². The fourth-order valence-electron chi connectivity index (χ4n) is 4.09. The Labute approximate surface area is 193 Å². The second-order valence-electron chi connectivity index (χ2n) is 7.98. The van der Waals surface area contributed by atoms with Crippen molar-refractivity contribution in [3.8, 4) is 22.6 Å². The molecule has 0 N–H and O–H groups in total. The molecule has 0 spiro atoms. The molecule has 0 aromatic heterocycles. The fraction of sp³-hybridized carbons (Fsp3) is 0.240. The molecule has 0 aliphatic carbocycles. The summed E-state index contributed by atoms with van der Waals surface area (Å²) in [7, 11) is -3.64. The quantitative estimate of drug-likeness (QED) is 0.593. The van der Waals surface area contributed by atoms with Gasteiger partial charge in [-0.1, -0.05) is 54.6 Å². The van der Waals surface area contributed by atoms with E-state index in [1.54, 1.807) is 29.2 Å². The van der Waals surface area contributed by atoms with Crippen LogP contribution in [0.2, 0.25) is 0 Å². The Bertz CT molecular complexity index is 1240. The molecule has 3 aromatic rings. The number of nitrogens with zero attached hydrogens (tertiary/aromatic N) is 2. The standard InChI is InChI=1S/C25H24N2O5S/c28-25(24-18-31-22-8-4-5-9-23(22)32-24)26-14-16-27(17-15-26)33(29,30)21-12-10-20(11-13-21)19-6-2-1-3-7-19/h1-13,24H,14-18H2. The minimum Gasteiger partial charge on any atom is -0.485 e. The molecular formula is C25H24N2O5S. The van der Waals surface area contributed by atoms with Gasteiger partial charge in [0.15, 0.2) is 11.5 Å². The highest BCUT2D eigenvalue weighted by molar-refractivity contribution is 7.89. The van der Waals surface area contributed by atoms with Gasteiger partial charge in [-0.3, -0.25) is 4.79 Å². The average Bonchev–Trinajstić information content (AvgIpc) is 2.88. The van der Waals surface area contributed by atoms with E-state index in [1.165, 1.54) is 4.31 Å². The molecule has 33 heavy (non-hydrogen) atoms. The Morgan fingerprint density at radius 3 is 2.06 bits per heavy atom. The molecule has 5 rings (SSSR count). The van der Waals surface area contributed by atoms with Crippen molar-refractivity contribution in [2.75, 3.05) is 32.8 Å². The first kappa shape index (κ1) is 21.5. The summed E-state index contributed by atoms with van der Waals surface area (Å²) >= 11 is 0. The number of piperazine rings is 1. The molecule has 170 valence electrons. The van der Waals surface area contributed by atoms with E-state index in [1.807, 2.05) is 54.6 Å². The molecule has 0 bridgehead atoms. The number of hydrogen-bond acceptors (Lipinski definition) is 5. The highest BCUT2D eigenvalue weighted by Crippen LogP contribution is 2.31. The van der Waals surface area contributed by atoms with Gasteiger partial charge in [-0.2, -0.15) is 4.31 Å².